The van der Waals surface area contributed by atoms with Crippen LogP contribution in [0.1, 0.15) is 27.8 Å². The van der Waals surface area contributed by atoms with Crippen molar-refractivity contribution in [3.05, 3.63) is 275 Å². The van der Waals surface area contributed by atoms with Crippen molar-refractivity contribution in [2.45, 2.75) is 67.3 Å². The summed E-state index contributed by atoms with van der Waals surface area (Å²) >= 11 is 61.3. The van der Waals surface area contributed by atoms with E-state index in [1.165, 1.54) is 67.2 Å². The lowest BCUT2D eigenvalue weighted by molar-refractivity contribution is -0.138. The van der Waals surface area contributed by atoms with Gasteiger partial charge in [0.25, 0.3) is 0 Å². The Morgan fingerprint density at radius 2 is 0.619 bits per heavy atom. The Morgan fingerprint density at radius 3 is 1.00 bits per heavy atom. The van der Waals surface area contributed by atoms with E-state index in [1.807, 2.05) is 39.8 Å². The Bertz CT molecular complexity index is 6760. The Morgan fingerprint density at radius 1 is 0.319 bits per heavy atom. The van der Waals surface area contributed by atoms with E-state index < -0.39 is 42.2 Å². The van der Waals surface area contributed by atoms with Crippen LogP contribution < -0.4 is 31.9 Å². The zero-order valence-corrected chi connectivity index (χ0v) is 67.0. The number of carbonyl (C=O) groups is 5. The number of pyridine rings is 5. The van der Waals surface area contributed by atoms with E-state index in [2.05, 4.69) is 0 Å². The molecule has 0 radical (unpaired) electrons. The van der Waals surface area contributed by atoms with Gasteiger partial charge in [0.05, 0.1) is 113 Å². The van der Waals surface area contributed by atoms with E-state index in [1.54, 1.807) is 91.0 Å². The summed E-state index contributed by atoms with van der Waals surface area (Å²) in [6, 6.07) is 36.9. The summed E-state index contributed by atoms with van der Waals surface area (Å²) in [4.78, 5) is 120. The van der Waals surface area contributed by atoms with Crippen molar-refractivity contribution in [3.8, 4) is 5.75 Å². The van der Waals surface area contributed by atoms with Crippen LogP contribution in [0.3, 0.4) is 0 Å². The third kappa shape index (κ3) is 16.2. The first-order valence-electron chi connectivity index (χ1n) is 33.3. The second-order valence-electron chi connectivity index (χ2n) is 25.7. The number of hydrogen-bond donors (Lipinski definition) is 5. The molecule has 0 bridgehead atoms. The quantitative estimate of drug-likeness (QED) is 0.0752. The number of hydrogen-bond acceptors (Lipinski definition) is 11. The van der Waals surface area contributed by atoms with Crippen molar-refractivity contribution in [2.24, 2.45) is 0 Å². The van der Waals surface area contributed by atoms with Crippen molar-refractivity contribution in [1.82, 2.24) is 22.8 Å². The maximum Gasteiger partial charge on any atom is 0.323 e. The molecule has 0 saturated carbocycles. The van der Waals surface area contributed by atoms with Gasteiger partial charge in [-0.1, -0.05) is 134 Å². The maximum absolute atomic E-state index is 14.0. The molecule has 0 atom stereocenters. The van der Waals surface area contributed by atoms with E-state index in [0.29, 0.717) is 98.5 Å². The molecule has 15 rings (SSSR count). The predicted molar refractivity (Wildman–Crippen MR) is 447 cm³/mol. The van der Waals surface area contributed by atoms with Gasteiger partial charge in [-0.15, -0.1) is 0 Å². The predicted octanol–water partition coefficient (Wildman–Crippen LogP) is 19.4. The van der Waals surface area contributed by atoms with E-state index in [0.717, 1.165) is 28.3 Å². The highest BCUT2D eigenvalue weighted by molar-refractivity contribution is 6.48. The second kappa shape index (κ2) is 33.7. The maximum atomic E-state index is 14.0. The molecule has 0 fully saturated rings. The minimum absolute atomic E-state index is 0.0606. The highest BCUT2D eigenvalue weighted by Crippen LogP contribution is 2.39. The lowest BCUT2D eigenvalue weighted by atomic mass is 10.0. The van der Waals surface area contributed by atoms with Gasteiger partial charge in [0.2, 0.25) is 0 Å². The fourth-order valence-corrected chi connectivity index (χ4v) is 15.4. The number of benzene rings is 10. The van der Waals surface area contributed by atoms with Crippen LogP contribution in [0.5, 0.6) is 5.75 Å². The fourth-order valence-electron chi connectivity index (χ4n) is 13.3. The number of para-hydroxylation sites is 1. The van der Waals surface area contributed by atoms with Gasteiger partial charge in [-0.05, 0) is 178 Å². The molecule has 5 N–H and O–H groups in total. The molecule has 0 amide bonds. The Hall–Kier alpha value is -10.5. The van der Waals surface area contributed by atoms with Gasteiger partial charge in [-0.25, -0.2) is 4.39 Å². The van der Waals surface area contributed by atoms with E-state index in [9.17, 15) is 72.8 Å². The van der Waals surface area contributed by atoms with Gasteiger partial charge in [0, 0.05) is 59.9 Å². The number of nitrogens with zero attached hydrogens (tertiary/aromatic N) is 5. The summed E-state index contributed by atoms with van der Waals surface area (Å²) in [5.41, 5.74) is 6.61. The number of carboxylic acids is 5. The largest absolute Gasteiger partial charge is 0.497 e. The van der Waals surface area contributed by atoms with E-state index >= 15 is 0 Å². The molecular weight excluding hydrogens is 1670 g/mol. The molecule has 0 aliphatic carbocycles. The molecule has 0 aliphatic rings. The third-order valence-corrected chi connectivity index (χ3v) is 22.7. The standard InChI is InChI=1S/2C17H13Cl2NO3.C16H10Cl2FNO3.C16H11Cl2NO4.C15H9Cl2NO3/c1-8-3-6-12-14(9(8)2)17(23)10-4-5-11(18)15(19)16(10)20(12)7-13(21)22;1-8-5-11-13(6-9(8)2)20(7-14(21)22)16-10(17(11)23)3-4-12(18)15(16)19;1-7-4-9-12(5-11(7)19)20(6-13(21)22)15-8(16(9)23)2-3-10(17)14(15)18;1-23-8-2-3-9-12(6-8)19(7-13(20)21)15-10(16(9)22)4-5-11(17)14(15)18;16-10-6-5-9-14(13(10)17)18(7-12(19)20)11-4-2-1-3-8(11)15(9)21/h2*3-6H,7H2,1-2H3,(H,21,22);2-5H,6H2,1H3,(H,21,22);2-6H,7H2,1H3,(H,20,21);1-6H,7H2,(H,19,20). The summed E-state index contributed by atoms with van der Waals surface area (Å²) in [5.74, 6) is -5.30. The molecule has 15 aromatic rings. The molecule has 0 spiro atoms. The van der Waals surface area contributed by atoms with Crippen LogP contribution in [0.4, 0.5) is 4.39 Å². The van der Waals surface area contributed by atoms with Gasteiger partial charge in [0.1, 0.15) is 44.3 Å². The number of aryl methyl sites for hydroxylation is 5. The normalized spacial score (nSPS) is 11.2. The Balaban J connectivity index is 0.000000140. The SMILES string of the molecule is COc1ccc2c(=O)c3ccc(Cl)c(Cl)c3n(CC(=O)O)c2c1.Cc1cc2c(=O)c3ccc(Cl)c(Cl)c3n(CC(=O)O)c2cc1C.Cc1cc2c(=O)c3ccc(Cl)c(Cl)c3n(CC(=O)O)c2cc1F.Cc1ccc2c(c1C)c(=O)c1ccc(Cl)c(Cl)c1n2CC(=O)O.O=C(O)Cn1c2ccccc2c(=O)c2ccc(Cl)c(Cl)c21. The third-order valence-electron chi connectivity index (χ3n) is 18.8. The van der Waals surface area contributed by atoms with Crippen LogP contribution in [0.25, 0.3) is 109 Å². The molecule has 5 heterocycles. The van der Waals surface area contributed by atoms with Crippen LogP contribution >= 0.6 is 116 Å². The van der Waals surface area contributed by atoms with Gasteiger partial charge in [-0.3, -0.25) is 47.9 Å². The van der Waals surface area contributed by atoms with Crippen LogP contribution in [0.2, 0.25) is 50.2 Å². The smallest absolute Gasteiger partial charge is 0.323 e. The van der Waals surface area contributed by atoms with Gasteiger partial charge in [-0.2, -0.15) is 0 Å². The van der Waals surface area contributed by atoms with Crippen LogP contribution in [-0.4, -0.2) is 85.3 Å². The van der Waals surface area contributed by atoms with Crippen LogP contribution in [0.15, 0.2) is 163 Å². The summed E-state index contributed by atoms with van der Waals surface area (Å²) in [6.07, 6.45) is 0. The van der Waals surface area contributed by atoms with Crippen molar-refractivity contribution >= 4 is 255 Å². The fraction of sp³-hybridized carbons (Fsp3) is 0.136. The second-order valence-corrected chi connectivity index (χ2v) is 29.6. The lowest BCUT2D eigenvalue weighted by Gasteiger charge is -2.17. The molecule has 0 saturated heterocycles. The molecule has 0 aliphatic heterocycles. The highest BCUT2D eigenvalue weighted by Gasteiger charge is 2.25. The van der Waals surface area contributed by atoms with Crippen LogP contribution in [-0.2, 0) is 56.7 Å². The summed E-state index contributed by atoms with van der Waals surface area (Å²) in [5, 5.41) is 51.8. The average Bonchev–Trinajstić information content (AvgIpc) is 0.737. The van der Waals surface area contributed by atoms with E-state index in [4.69, 9.17) is 126 Å². The summed E-state index contributed by atoms with van der Waals surface area (Å²) in [6.45, 7) is 7.36. The topological polar surface area (TPSA) is 306 Å². The van der Waals surface area contributed by atoms with Crippen molar-refractivity contribution in [1.29, 1.82) is 0 Å². The lowest BCUT2D eigenvalue weighted by Crippen LogP contribution is -2.17. The zero-order valence-electron chi connectivity index (χ0n) is 59.4. The summed E-state index contributed by atoms with van der Waals surface area (Å²) < 4.78 is 26.5. The molecular formula is C81H56Cl10FN5O16. The summed E-state index contributed by atoms with van der Waals surface area (Å²) in [7, 11) is 1.49. The first kappa shape index (κ1) is 83.5. The first-order chi connectivity index (χ1) is 53.4. The number of methoxy groups -OCH3 is 1. The minimum atomic E-state index is -1.15. The monoisotopic (exact) mass is 1720 g/mol. The number of rotatable bonds is 11. The van der Waals surface area contributed by atoms with E-state index in [-0.39, 0.29) is 125 Å². The number of fused-ring (bicyclic) bond motifs is 10. The molecule has 5 aromatic heterocycles. The zero-order chi connectivity index (χ0) is 82.5. The van der Waals surface area contributed by atoms with Crippen LogP contribution in [0, 0.1) is 40.4 Å². The molecule has 113 heavy (non-hydrogen) atoms. The number of aliphatic carboxylic acids is 5. The number of halogens is 11. The average molecular weight is 1730 g/mol. The molecule has 10 aromatic carbocycles. The van der Waals surface area contributed by atoms with Crippen molar-refractivity contribution < 1.29 is 58.6 Å². The molecule has 21 nitrogen and oxygen atoms in total. The highest BCUT2D eigenvalue weighted by atomic mass is 35.5. The Labute approximate surface area is 685 Å². The number of ether oxygens (including phenoxy) is 1. The van der Waals surface area contributed by atoms with Gasteiger partial charge < -0.3 is 53.1 Å². The van der Waals surface area contributed by atoms with Gasteiger partial charge >= 0.3 is 29.8 Å². The van der Waals surface area contributed by atoms with Crippen molar-refractivity contribution in [3.63, 3.8) is 0 Å². The number of carboxylic acid groups (broad SMARTS) is 5. The minimum Gasteiger partial charge on any atom is -0.497 e. The number of aromatic nitrogens is 5. The van der Waals surface area contributed by atoms with Gasteiger partial charge in [0.15, 0.2) is 27.1 Å². The van der Waals surface area contributed by atoms with Crippen molar-refractivity contribution in [2.75, 3.05) is 7.11 Å². The first-order valence-corrected chi connectivity index (χ1v) is 37.1. The molecule has 0 unspecified atom stereocenters. The molecule has 32 heteroatoms. The molecule has 578 valence electrons. The Kier molecular flexibility index (Phi) is 24.9.